The van der Waals surface area contributed by atoms with Gasteiger partial charge in [0.25, 0.3) is 5.92 Å². The van der Waals surface area contributed by atoms with E-state index in [1.807, 2.05) is 6.07 Å². The highest BCUT2D eigenvalue weighted by Gasteiger charge is 2.78. The Morgan fingerprint density at radius 3 is 2.62 bits per heavy atom. The van der Waals surface area contributed by atoms with Crippen molar-refractivity contribution in [3.05, 3.63) is 5.82 Å². The Bertz CT molecular complexity index is 1050. The van der Waals surface area contributed by atoms with Crippen LogP contribution in [0.25, 0.3) is 0 Å². The number of piperidine rings is 1. The van der Waals surface area contributed by atoms with E-state index in [2.05, 4.69) is 26.0 Å². The Morgan fingerprint density at radius 2 is 2.09 bits per heavy atom. The number of carbonyl (C=O) groups excluding carboxylic acids is 3. The van der Waals surface area contributed by atoms with Crippen molar-refractivity contribution in [3.63, 3.8) is 0 Å². The van der Waals surface area contributed by atoms with E-state index < -0.39 is 58.9 Å². The number of nitrogens with zero attached hydrogens (tertiary/aromatic N) is 6. The number of aryl methyl sites for hydroxylation is 1. The van der Waals surface area contributed by atoms with E-state index in [9.17, 15) is 28.4 Å². The topological polar surface area (TPSA) is 146 Å². The Hall–Kier alpha value is -3.17. The lowest BCUT2D eigenvalue weighted by molar-refractivity contribution is -0.145. The van der Waals surface area contributed by atoms with Crippen LogP contribution in [-0.2, 0) is 21.4 Å². The van der Waals surface area contributed by atoms with Crippen LogP contribution in [0.15, 0.2) is 0 Å². The maximum absolute atomic E-state index is 14.4. The van der Waals surface area contributed by atoms with E-state index in [0.717, 1.165) is 0 Å². The molecule has 2 aliphatic heterocycles. The third kappa shape index (κ3) is 4.10. The van der Waals surface area contributed by atoms with E-state index in [1.54, 1.807) is 27.8 Å². The van der Waals surface area contributed by atoms with Crippen molar-refractivity contribution in [1.82, 2.24) is 35.7 Å². The van der Waals surface area contributed by atoms with Gasteiger partial charge in [-0.2, -0.15) is 10.1 Å². The maximum Gasteiger partial charge on any atom is 0.258 e. The van der Waals surface area contributed by atoms with Crippen LogP contribution in [0.2, 0.25) is 0 Å². The smallest absolute Gasteiger partial charge is 0.258 e. The second-order valence-corrected chi connectivity index (χ2v) is 10.4. The van der Waals surface area contributed by atoms with Gasteiger partial charge in [-0.3, -0.25) is 14.4 Å². The van der Waals surface area contributed by atoms with Gasteiger partial charge in [-0.15, -0.1) is 10.2 Å². The van der Waals surface area contributed by atoms with Crippen molar-refractivity contribution >= 4 is 17.7 Å². The quantitative estimate of drug-likeness (QED) is 0.584. The first-order valence-electron chi connectivity index (χ1n) is 11.3. The van der Waals surface area contributed by atoms with Crippen LogP contribution in [-0.4, -0.2) is 73.9 Å². The summed E-state index contributed by atoms with van der Waals surface area (Å²) in [6.45, 7) is 5.60. The summed E-state index contributed by atoms with van der Waals surface area (Å²) < 4.78 is 28.7. The number of tetrazole rings is 1. The van der Waals surface area contributed by atoms with Gasteiger partial charge in [0, 0.05) is 19.0 Å². The summed E-state index contributed by atoms with van der Waals surface area (Å²) in [4.78, 5) is 41.1. The number of hydrogen-bond donors (Lipinski definition) is 2. The molecule has 2 N–H and O–H groups in total. The third-order valence-electron chi connectivity index (χ3n) is 6.93. The number of rotatable bonds is 6. The summed E-state index contributed by atoms with van der Waals surface area (Å²) in [6, 6.07) is -0.527. The van der Waals surface area contributed by atoms with Gasteiger partial charge in [0.1, 0.15) is 18.0 Å². The highest BCUT2D eigenvalue weighted by molar-refractivity contribution is 5.92. The Kier molecular flexibility index (Phi) is 5.81. The molecule has 3 heterocycles. The summed E-state index contributed by atoms with van der Waals surface area (Å²) in [5, 5.41) is 26.6. The van der Waals surface area contributed by atoms with Crippen LogP contribution in [0.4, 0.5) is 8.78 Å². The van der Waals surface area contributed by atoms with Crippen molar-refractivity contribution in [3.8, 4) is 6.07 Å². The lowest BCUT2D eigenvalue weighted by Gasteiger charge is -2.35. The summed E-state index contributed by atoms with van der Waals surface area (Å²) in [6.07, 6.45) is 0.607. The molecule has 184 valence electrons. The van der Waals surface area contributed by atoms with Gasteiger partial charge in [-0.05, 0) is 23.5 Å². The third-order valence-corrected chi connectivity index (χ3v) is 6.93. The molecule has 4 rings (SSSR count). The molecule has 3 fully saturated rings. The minimum Gasteiger partial charge on any atom is -0.356 e. The van der Waals surface area contributed by atoms with Crippen LogP contribution in [0, 0.1) is 34.5 Å². The van der Waals surface area contributed by atoms with E-state index in [-0.39, 0.29) is 24.7 Å². The average Bonchev–Trinajstić information content (AvgIpc) is 3.24. The van der Waals surface area contributed by atoms with E-state index >= 15 is 0 Å². The second kappa shape index (κ2) is 8.25. The first-order chi connectivity index (χ1) is 15.9. The van der Waals surface area contributed by atoms with Crippen molar-refractivity contribution < 1.29 is 23.2 Å². The summed E-state index contributed by atoms with van der Waals surface area (Å²) in [7, 11) is 1.55. The molecule has 0 bridgehead atoms. The van der Waals surface area contributed by atoms with Gasteiger partial charge < -0.3 is 15.5 Å². The van der Waals surface area contributed by atoms with Crippen molar-refractivity contribution in [2.45, 2.75) is 57.5 Å². The second-order valence-electron chi connectivity index (χ2n) is 10.4. The fourth-order valence-electron chi connectivity index (χ4n) is 5.14. The highest BCUT2D eigenvalue weighted by atomic mass is 19.3. The monoisotopic (exact) mass is 478 g/mol. The predicted octanol–water partition coefficient (Wildman–Crippen LogP) is -0.0335. The lowest BCUT2D eigenvalue weighted by Crippen LogP contribution is -2.54. The van der Waals surface area contributed by atoms with Crippen LogP contribution in [0.5, 0.6) is 0 Å². The molecule has 11 nitrogen and oxygen atoms in total. The normalized spacial score (nSPS) is 29.1. The van der Waals surface area contributed by atoms with Gasteiger partial charge in [0.05, 0.1) is 25.0 Å². The van der Waals surface area contributed by atoms with Gasteiger partial charge in [-0.1, -0.05) is 20.8 Å². The van der Waals surface area contributed by atoms with E-state index in [1.165, 1.54) is 9.70 Å². The molecule has 0 unspecified atom stereocenters. The van der Waals surface area contributed by atoms with Crippen LogP contribution in [0.1, 0.15) is 45.4 Å². The molecular weight excluding hydrogens is 450 g/mol. The lowest BCUT2D eigenvalue weighted by atomic mass is 9.79. The molecule has 1 saturated carbocycles. The Balaban J connectivity index is 1.56. The zero-order valence-corrected chi connectivity index (χ0v) is 19.5. The molecule has 1 aromatic heterocycles. The molecule has 1 aromatic rings. The molecule has 0 radical (unpaired) electrons. The number of amides is 3. The number of halogens is 2. The molecular formula is C21H28F2N8O3. The predicted molar refractivity (Wildman–Crippen MR) is 112 cm³/mol. The molecule has 34 heavy (non-hydrogen) atoms. The fraction of sp³-hybridized carbons (Fsp3) is 0.762. The Labute approximate surface area is 195 Å². The number of likely N-dealkylation sites (tertiary alicyclic amines) is 1. The average molecular weight is 479 g/mol. The first kappa shape index (κ1) is 24.0. The van der Waals surface area contributed by atoms with Crippen LogP contribution >= 0.6 is 0 Å². The van der Waals surface area contributed by atoms with Gasteiger partial charge in [-0.25, -0.2) is 8.78 Å². The first-order valence-corrected chi connectivity index (χ1v) is 11.3. The molecule has 0 spiro atoms. The summed E-state index contributed by atoms with van der Waals surface area (Å²) >= 11 is 0. The number of fused-ring (bicyclic) bond motifs is 1. The maximum atomic E-state index is 14.4. The van der Waals surface area contributed by atoms with Gasteiger partial charge in [0.15, 0.2) is 5.82 Å². The zero-order valence-electron chi connectivity index (χ0n) is 19.5. The van der Waals surface area contributed by atoms with Gasteiger partial charge in [0.2, 0.25) is 17.7 Å². The van der Waals surface area contributed by atoms with E-state index in [4.69, 9.17) is 0 Å². The number of alkyl halides is 2. The highest BCUT2D eigenvalue weighted by Crippen LogP contribution is 2.62. The molecule has 6 atom stereocenters. The fourth-order valence-corrected chi connectivity index (χ4v) is 5.14. The largest absolute Gasteiger partial charge is 0.356 e. The number of nitriles is 1. The number of aromatic nitrogens is 4. The zero-order chi connectivity index (χ0) is 25.0. The number of carbonyl (C=O) groups is 3. The molecule has 1 aliphatic carbocycles. The molecule has 3 amide bonds. The number of nitrogens with one attached hydrogen (secondary N) is 2. The van der Waals surface area contributed by atoms with Crippen LogP contribution < -0.4 is 10.6 Å². The number of hydrogen-bond acceptors (Lipinski definition) is 7. The molecule has 13 heteroatoms. The molecule has 3 aliphatic rings. The Morgan fingerprint density at radius 1 is 1.38 bits per heavy atom. The van der Waals surface area contributed by atoms with Gasteiger partial charge >= 0.3 is 0 Å². The standard InChI is InChI=1S/C21H28F2N8O3/c1-20(2,3)14(16-27-29-30(4)28-16)19(34)31-9-12-13(21(12,22)23)15(31)18(33)26-11(8-24)7-10-5-6-25-17(10)32/h10-15H,5-7,9H2,1-4H3,(H,25,32)(H,26,33)/t10-,11-,12-,13-,14+,15-/m0/s1. The minimum atomic E-state index is -3.06. The van der Waals surface area contributed by atoms with Crippen LogP contribution in [0.3, 0.4) is 0 Å². The summed E-state index contributed by atoms with van der Waals surface area (Å²) in [5.74, 6) is -8.25. The van der Waals surface area contributed by atoms with Crippen molar-refractivity contribution in [2.75, 3.05) is 13.1 Å². The van der Waals surface area contributed by atoms with E-state index in [0.29, 0.717) is 13.0 Å². The van der Waals surface area contributed by atoms with Crippen molar-refractivity contribution in [2.24, 2.45) is 30.2 Å². The molecule has 0 aromatic carbocycles. The minimum absolute atomic E-state index is 0.0768. The van der Waals surface area contributed by atoms with Crippen molar-refractivity contribution in [1.29, 1.82) is 5.26 Å². The molecule has 2 saturated heterocycles. The summed E-state index contributed by atoms with van der Waals surface area (Å²) in [5.41, 5.74) is -0.679. The SMILES string of the molecule is Cn1nnc([C@H](C(=O)N2C[C@H]3[C@@H]([C@H]2C(=O)N[C@H](C#N)C[C@@H]2CCNC2=O)C3(F)F)C(C)(C)C)n1.